The van der Waals surface area contributed by atoms with E-state index < -0.39 is 11.5 Å². The largest absolute Gasteiger partial charge is 0.383 e. The first-order chi connectivity index (χ1) is 20.4. The van der Waals surface area contributed by atoms with Crippen molar-refractivity contribution in [1.29, 1.82) is 0 Å². The number of rotatable bonds is 8. The highest BCUT2D eigenvalue weighted by Crippen LogP contribution is 2.32. The Morgan fingerprint density at radius 2 is 1.86 bits per heavy atom. The highest BCUT2D eigenvalue weighted by atomic mass is 16.2. The number of nitrogen functional groups attached to an aromatic ring is 1. The molecule has 0 saturated heterocycles. The first kappa shape index (κ1) is 27.8. The van der Waals surface area contributed by atoms with E-state index in [-0.39, 0.29) is 17.3 Å². The third kappa shape index (κ3) is 5.88. The van der Waals surface area contributed by atoms with E-state index in [4.69, 9.17) is 5.73 Å². The third-order valence-electron chi connectivity index (χ3n) is 6.62. The van der Waals surface area contributed by atoms with Crippen LogP contribution < -0.4 is 21.9 Å². The van der Waals surface area contributed by atoms with Crippen LogP contribution in [0.3, 0.4) is 0 Å². The van der Waals surface area contributed by atoms with E-state index in [0.29, 0.717) is 36.5 Å². The number of carbonyl (C=O) groups is 2. The number of carbonyl (C=O) groups excluding carboxylic acids is 2. The molecule has 4 N–H and O–H groups in total. The number of hydrogen-bond donors (Lipinski definition) is 3. The van der Waals surface area contributed by atoms with Crippen molar-refractivity contribution in [3.05, 3.63) is 94.9 Å². The number of anilines is 2. The minimum atomic E-state index is -0.582. The summed E-state index contributed by atoms with van der Waals surface area (Å²) < 4.78 is 3.31. The Morgan fingerprint density at radius 1 is 1.05 bits per heavy atom. The third-order valence-corrected chi connectivity index (χ3v) is 6.62. The number of aromatic nitrogens is 5. The molecule has 1 aromatic carbocycles. The van der Waals surface area contributed by atoms with Gasteiger partial charge in [-0.1, -0.05) is 24.1 Å². The van der Waals surface area contributed by atoms with Gasteiger partial charge in [0.05, 0.1) is 5.39 Å². The fraction of sp³-hybridized carbons (Fsp3) is 0.161. The summed E-state index contributed by atoms with van der Waals surface area (Å²) >= 11 is 0. The average Bonchev–Trinajstić information content (AvgIpc) is 3.34. The molecule has 0 aliphatic carbocycles. The Morgan fingerprint density at radius 3 is 2.60 bits per heavy atom. The van der Waals surface area contributed by atoms with Gasteiger partial charge in [-0.05, 0) is 61.6 Å². The number of para-hydroxylation sites is 1. The molecule has 0 aliphatic rings. The monoisotopic (exact) mass is 560 g/mol. The summed E-state index contributed by atoms with van der Waals surface area (Å²) in [6, 6.07) is 14.1. The van der Waals surface area contributed by atoms with Crippen molar-refractivity contribution < 1.29 is 9.59 Å². The smallest absolute Gasteiger partial charge is 0.295 e. The molecule has 4 aromatic heterocycles. The van der Waals surface area contributed by atoms with E-state index in [1.165, 1.54) is 10.9 Å². The Kier molecular flexibility index (Phi) is 8.06. The summed E-state index contributed by atoms with van der Waals surface area (Å²) in [5.41, 5.74) is 9.30. The maximum Gasteiger partial charge on any atom is 0.295 e. The molecule has 5 rings (SSSR count). The Hall–Kier alpha value is -5.76. The molecule has 11 nitrogen and oxygen atoms in total. The molecule has 0 unspecified atom stereocenters. The Labute approximate surface area is 241 Å². The van der Waals surface area contributed by atoms with Crippen LogP contribution in [0.25, 0.3) is 27.8 Å². The average molecular weight is 561 g/mol. The lowest BCUT2D eigenvalue weighted by atomic mass is 10.1. The van der Waals surface area contributed by atoms with E-state index >= 15 is 0 Å². The van der Waals surface area contributed by atoms with Gasteiger partial charge in [0.15, 0.2) is 0 Å². The van der Waals surface area contributed by atoms with Crippen LogP contribution in [0.2, 0.25) is 0 Å². The Bertz CT molecular complexity index is 1900. The molecule has 0 saturated carbocycles. The summed E-state index contributed by atoms with van der Waals surface area (Å²) in [6.07, 6.45) is 7.77. The fourth-order valence-corrected chi connectivity index (χ4v) is 4.63. The van der Waals surface area contributed by atoms with Crippen LogP contribution in [-0.4, -0.2) is 42.4 Å². The van der Waals surface area contributed by atoms with Gasteiger partial charge >= 0.3 is 0 Å². The van der Waals surface area contributed by atoms with Gasteiger partial charge in [0.2, 0.25) is 0 Å². The normalized spacial score (nSPS) is 10.6. The SMILES string of the molecule is CC#CC(=O)NCCCc1cc(C(=O)Nc2ccc(-c3cn(C)c4ncnc(N)c34)cn2)c(=O)n(-c2ccccc2)c1. The van der Waals surface area contributed by atoms with Crippen molar-refractivity contribution in [1.82, 2.24) is 29.4 Å². The molecule has 0 aliphatic heterocycles. The number of amides is 2. The van der Waals surface area contributed by atoms with E-state index in [0.717, 1.165) is 22.1 Å². The lowest BCUT2D eigenvalue weighted by Crippen LogP contribution is -2.29. The minimum absolute atomic E-state index is 0.0258. The van der Waals surface area contributed by atoms with Gasteiger partial charge in [-0.15, -0.1) is 0 Å². The van der Waals surface area contributed by atoms with Crippen molar-refractivity contribution in [2.24, 2.45) is 7.05 Å². The van der Waals surface area contributed by atoms with Crippen molar-refractivity contribution in [3.63, 3.8) is 0 Å². The number of benzene rings is 1. The number of nitrogens with zero attached hydrogens (tertiary/aromatic N) is 5. The van der Waals surface area contributed by atoms with Crippen molar-refractivity contribution in [3.8, 4) is 28.7 Å². The predicted molar refractivity (Wildman–Crippen MR) is 161 cm³/mol. The second-order valence-corrected chi connectivity index (χ2v) is 9.50. The molecule has 5 aromatic rings. The summed E-state index contributed by atoms with van der Waals surface area (Å²) in [5, 5.41) is 6.19. The molecule has 0 spiro atoms. The van der Waals surface area contributed by atoms with Crippen molar-refractivity contribution >= 4 is 34.5 Å². The maximum absolute atomic E-state index is 13.4. The quantitative estimate of drug-likeness (QED) is 0.195. The molecule has 0 atom stereocenters. The summed E-state index contributed by atoms with van der Waals surface area (Å²) in [6.45, 7) is 2.00. The summed E-state index contributed by atoms with van der Waals surface area (Å²) in [7, 11) is 1.87. The minimum Gasteiger partial charge on any atom is -0.383 e. The predicted octanol–water partition coefficient (Wildman–Crippen LogP) is 3.09. The molecule has 42 heavy (non-hydrogen) atoms. The zero-order valence-electron chi connectivity index (χ0n) is 23.1. The van der Waals surface area contributed by atoms with E-state index in [1.54, 1.807) is 49.6 Å². The van der Waals surface area contributed by atoms with Gasteiger partial charge in [0.25, 0.3) is 17.4 Å². The van der Waals surface area contributed by atoms with E-state index in [1.807, 2.05) is 36.0 Å². The van der Waals surface area contributed by atoms with Crippen LogP contribution in [0.1, 0.15) is 29.3 Å². The standard InChI is InChI=1S/C31H28N8O3/c1-3-8-26(40)33-14-7-9-20-15-23(31(42)39(17-20)22-10-5-4-6-11-22)30(41)37-25-13-12-21(16-34-25)24-18-38(2)29-27(24)28(32)35-19-36-29/h4-6,10-13,15-19H,7,9,14H2,1-2H3,(H,33,40)(H2,32,35,36)(H,34,37,41). The molecule has 0 fully saturated rings. The number of pyridine rings is 2. The molecule has 4 heterocycles. The fourth-order valence-electron chi connectivity index (χ4n) is 4.63. The van der Waals surface area contributed by atoms with Crippen molar-refractivity contribution in [2.45, 2.75) is 19.8 Å². The first-order valence-electron chi connectivity index (χ1n) is 13.2. The van der Waals surface area contributed by atoms with Gasteiger partial charge in [0.1, 0.15) is 29.2 Å². The number of nitrogens with two attached hydrogens (primary N) is 1. The number of fused-ring (bicyclic) bond motifs is 1. The first-order valence-corrected chi connectivity index (χ1v) is 13.2. The van der Waals surface area contributed by atoms with Crippen LogP contribution in [0, 0.1) is 11.8 Å². The summed E-state index contributed by atoms with van der Waals surface area (Å²) in [5.74, 6) is 4.71. The molecule has 0 bridgehead atoms. The zero-order chi connectivity index (χ0) is 29.6. The molecule has 11 heteroatoms. The van der Waals surface area contributed by atoms with Crippen molar-refractivity contribution in [2.75, 3.05) is 17.6 Å². The van der Waals surface area contributed by atoms with Crippen LogP contribution in [0.4, 0.5) is 11.6 Å². The van der Waals surface area contributed by atoms with Gasteiger partial charge in [-0.2, -0.15) is 0 Å². The van der Waals surface area contributed by atoms with Crippen LogP contribution >= 0.6 is 0 Å². The van der Waals surface area contributed by atoms with Gasteiger partial charge in [-0.25, -0.2) is 15.0 Å². The van der Waals surface area contributed by atoms with Gasteiger partial charge < -0.3 is 20.9 Å². The number of aryl methyl sites for hydroxylation is 2. The molecule has 0 radical (unpaired) electrons. The summed E-state index contributed by atoms with van der Waals surface area (Å²) in [4.78, 5) is 51.2. The molecular weight excluding hydrogens is 532 g/mol. The highest BCUT2D eigenvalue weighted by molar-refractivity contribution is 6.04. The second-order valence-electron chi connectivity index (χ2n) is 9.50. The Balaban J connectivity index is 1.39. The lowest BCUT2D eigenvalue weighted by molar-refractivity contribution is -0.115. The van der Waals surface area contributed by atoms with Crippen LogP contribution in [-0.2, 0) is 18.3 Å². The molecule has 210 valence electrons. The molecular formula is C31H28N8O3. The topological polar surface area (TPSA) is 150 Å². The van der Waals surface area contributed by atoms with Gasteiger partial charge in [0, 0.05) is 49.0 Å². The highest BCUT2D eigenvalue weighted by Gasteiger charge is 2.18. The zero-order valence-corrected chi connectivity index (χ0v) is 23.1. The molecule has 2 amide bonds. The maximum atomic E-state index is 13.4. The number of hydrogen-bond acceptors (Lipinski definition) is 7. The lowest BCUT2D eigenvalue weighted by Gasteiger charge is -2.12. The second kappa shape index (κ2) is 12.2. The van der Waals surface area contributed by atoms with E-state index in [2.05, 4.69) is 37.4 Å². The van der Waals surface area contributed by atoms with Crippen LogP contribution in [0.5, 0.6) is 0 Å². The van der Waals surface area contributed by atoms with Gasteiger partial charge in [-0.3, -0.25) is 19.0 Å². The number of nitrogens with one attached hydrogen (secondary N) is 2. The van der Waals surface area contributed by atoms with E-state index in [9.17, 15) is 14.4 Å². The van der Waals surface area contributed by atoms with Crippen LogP contribution in [0.15, 0.2) is 78.2 Å².